The molecule has 0 unspecified atom stereocenters. The Hall–Kier alpha value is -3.18. The van der Waals surface area contributed by atoms with Crippen LogP contribution in [0.15, 0.2) is 60.9 Å². The molecule has 5 rings (SSSR count). The molecule has 0 aliphatic heterocycles. The topological polar surface area (TPSA) is 28.3 Å². The van der Waals surface area contributed by atoms with Crippen molar-refractivity contribution in [1.82, 2.24) is 9.13 Å². The Balaban J connectivity index is 1.66. The van der Waals surface area contributed by atoms with Crippen LogP contribution in [0.25, 0.3) is 42.7 Å². The SMILES string of the molecule is COc1ccc2c(c1)c(-c1ccc(-c3cn(C)c4ccc(OC)cc34)s1)cn2C. The van der Waals surface area contributed by atoms with Gasteiger partial charge >= 0.3 is 0 Å². The zero-order valence-corrected chi connectivity index (χ0v) is 17.7. The fourth-order valence-electron chi connectivity index (χ4n) is 4.02. The number of benzene rings is 2. The van der Waals surface area contributed by atoms with E-state index in [0.29, 0.717) is 0 Å². The van der Waals surface area contributed by atoms with Crippen LogP contribution in [-0.2, 0) is 14.1 Å². The zero-order chi connectivity index (χ0) is 20.1. The number of hydrogen-bond acceptors (Lipinski definition) is 3. The second kappa shape index (κ2) is 6.71. The van der Waals surface area contributed by atoms with Crippen LogP contribution in [-0.4, -0.2) is 23.4 Å². The fraction of sp³-hybridized carbons (Fsp3) is 0.167. The minimum absolute atomic E-state index is 0.878. The first-order chi connectivity index (χ1) is 14.1. The molecule has 0 radical (unpaired) electrons. The smallest absolute Gasteiger partial charge is 0.119 e. The van der Waals surface area contributed by atoms with Crippen molar-refractivity contribution in [3.63, 3.8) is 0 Å². The lowest BCUT2D eigenvalue weighted by Gasteiger charge is -2.02. The Morgan fingerprint density at radius 3 is 1.52 bits per heavy atom. The van der Waals surface area contributed by atoms with Crippen LogP contribution in [0.1, 0.15) is 0 Å². The molecule has 0 saturated heterocycles. The predicted molar refractivity (Wildman–Crippen MR) is 121 cm³/mol. The number of ether oxygens (including phenoxy) is 2. The van der Waals surface area contributed by atoms with Gasteiger partial charge in [0.15, 0.2) is 0 Å². The average molecular weight is 403 g/mol. The van der Waals surface area contributed by atoms with Gasteiger partial charge in [-0.05, 0) is 48.5 Å². The van der Waals surface area contributed by atoms with E-state index in [1.54, 1.807) is 14.2 Å². The second-order valence-corrected chi connectivity index (χ2v) is 8.32. The third-order valence-corrected chi connectivity index (χ3v) is 6.68. The highest BCUT2D eigenvalue weighted by Crippen LogP contribution is 2.42. The Labute approximate surface area is 173 Å². The van der Waals surface area contributed by atoms with E-state index in [0.717, 1.165) is 11.5 Å². The van der Waals surface area contributed by atoms with E-state index >= 15 is 0 Å². The Morgan fingerprint density at radius 2 is 1.10 bits per heavy atom. The van der Waals surface area contributed by atoms with Crippen molar-refractivity contribution >= 4 is 33.1 Å². The molecule has 4 nitrogen and oxygen atoms in total. The first-order valence-electron chi connectivity index (χ1n) is 9.46. The summed E-state index contributed by atoms with van der Waals surface area (Å²) >= 11 is 1.81. The molecule has 3 heterocycles. The summed E-state index contributed by atoms with van der Waals surface area (Å²) in [6, 6.07) is 16.9. The van der Waals surface area contributed by atoms with Crippen LogP contribution >= 0.6 is 11.3 Å². The number of methoxy groups -OCH3 is 2. The number of fused-ring (bicyclic) bond motifs is 2. The fourth-order valence-corrected chi connectivity index (χ4v) is 5.07. The van der Waals surface area contributed by atoms with Gasteiger partial charge < -0.3 is 18.6 Å². The molecule has 0 aliphatic carbocycles. The van der Waals surface area contributed by atoms with E-state index in [9.17, 15) is 0 Å². The lowest BCUT2D eigenvalue weighted by atomic mass is 10.1. The van der Waals surface area contributed by atoms with E-state index in [1.165, 1.54) is 42.7 Å². The van der Waals surface area contributed by atoms with Crippen molar-refractivity contribution in [3.05, 3.63) is 60.9 Å². The van der Waals surface area contributed by atoms with Crippen molar-refractivity contribution < 1.29 is 9.47 Å². The quantitative estimate of drug-likeness (QED) is 0.364. The summed E-state index contributed by atoms with van der Waals surface area (Å²) in [5.74, 6) is 1.76. The molecule has 0 fully saturated rings. The molecule has 5 heteroatoms. The molecule has 0 saturated carbocycles. The highest BCUT2D eigenvalue weighted by Gasteiger charge is 2.15. The molecule has 0 spiro atoms. The Bertz CT molecular complexity index is 1250. The highest BCUT2D eigenvalue weighted by molar-refractivity contribution is 7.19. The van der Waals surface area contributed by atoms with Gasteiger partial charge in [-0.1, -0.05) is 0 Å². The molecule has 0 amide bonds. The van der Waals surface area contributed by atoms with Gasteiger partial charge in [0, 0.05) is 69.2 Å². The predicted octanol–water partition coefficient (Wildman–Crippen LogP) is 6.08. The maximum Gasteiger partial charge on any atom is 0.119 e. The molecule has 0 aliphatic rings. The number of nitrogens with zero attached hydrogens (tertiary/aromatic N) is 2. The molecular formula is C24H22N2O2S. The summed E-state index contributed by atoms with van der Waals surface area (Å²) in [6.45, 7) is 0. The zero-order valence-electron chi connectivity index (χ0n) is 16.9. The first-order valence-corrected chi connectivity index (χ1v) is 10.3. The average Bonchev–Trinajstić information content (AvgIpc) is 3.43. The number of hydrogen-bond donors (Lipinski definition) is 0. The monoisotopic (exact) mass is 402 g/mol. The molecule has 0 atom stereocenters. The van der Waals surface area contributed by atoms with Crippen molar-refractivity contribution in [3.8, 4) is 32.4 Å². The molecule has 0 bridgehead atoms. The van der Waals surface area contributed by atoms with E-state index in [-0.39, 0.29) is 0 Å². The number of aryl methyl sites for hydroxylation is 2. The number of thiophene rings is 1. The summed E-state index contributed by atoms with van der Waals surface area (Å²) in [7, 11) is 7.59. The van der Waals surface area contributed by atoms with E-state index in [4.69, 9.17) is 9.47 Å². The third-order valence-electron chi connectivity index (χ3n) is 5.53. The van der Waals surface area contributed by atoms with Crippen LogP contribution in [0.5, 0.6) is 11.5 Å². The number of aromatic nitrogens is 2. The molecule has 29 heavy (non-hydrogen) atoms. The van der Waals surface area contributed by atoms with Crippen LogP contribution in [0, 0.1) is 0 Å². The van der Waals surface area contributed by atoms with Gasteiger partial charge in [0.1, 0.15) is 11.5 Å². The molecule has 3 aromatic heterocycles. The maximum atomic E-state index is 5.45. The van der Waals surface area contributed by atoms with Crippen molar-refractivity contribution in [2.24, 2.45) is 14.1 Å². The third kappa shape index (κ3) is 2.81. The van der Waals surface area contributed by atoms with Crippen LogP contribution < -0.4 is 9.47 Å². The van der Waals surface area contributed by atoms with Gasteiger partial charge in [-0.15, -0.1) is 11.3 Å². The van der Waals surface area contributed by atoms with Crippen LogP contribution in [0.2, 0.25) is 0 Å². The van der Waals surface area contributed by atoms with Crippen LogP contribution in [0.3, 0.4) is 0 Å². The second-order valence-electron chi connectivity index (χ2n) is 7.24. The van der Waals surface area contributed by atoms with Gasteiger partial charge in [-0.3, -0.25) is 0 Å². The number of rotatable bonds is 4. The first kappa shape index (κ1) is 17.9. The molecule has 5 aromatic rings. The summed E-state index contributed by atoms with van der Waals surface area (Å²) in [5.41, 5.74) is 4.86. The normalized spacial score (nSPS) is 11.4. The van der Waals surface area contributed by atoms with Gasteiger partial charge in [-0.2, -0.15) is 0 Å². The van der Waals surface area contributed by atoms with Gasteiger partial charge in [0.2, 0.25) is 0 Å². The summed E-state index contributed by atoms with van der Waals surface area (Å²) in [6.07, 6.45) is 4.40. The summed E-state index contributed by atoms with van der Waals surface area (Å²) < 4.78 is 15.2. The van der Waals surface area contributed by atoms with Crippen LogP contribution in [0.4, 0.5) is 0 Å². The molecular weight excluding hydrogens is 380 g/mol. The van der Waals surface area contributed by atoms with Crippen molar-refractivity contribution in [2.45, 2.75) is 0 Å². The minimum Gasteiger partial charge on any atom is -0.497 e. The molecule has 2 aromatic carbocycles. The minimum atomic E-state index is 0.878. The highest BCUT2D eigenvalue weighted by atomic mass is 32.1. The maximum absolute atomic E-state index is 5.45. The standard InChI is InChI=1S/C24H22N2O2S/c1-25-13-19(17-11-15(27-3)5-7-21(17)25)23-9-10-24(29-23)20-14-26(2)22-8-6-16(28-4)12-18(20)22/h5-14H,1-4H3. The van der Waals surface area contributed by atoms with E-state index in [1.807, 2.05) is 23.5 Å². The van der Waals surface area contributed by atoms with E-state index < -0.39 is 0 Å². The molecule has 0 N–H and O–H groups in total. The Morgan fingerprint density at radius 1 is 0.655 bits per heavy atom. The lowest BCUT2D eigenvalue weighted by Crippen LogP contribution is -1.84. The van der Waals surface area contributed by atoms with Crippen molar-refractivity contribution in [2.75, 3.05) is 14.2 Å². The largest absolute Gasteiger partial charge is 0.497 e. The van der Waals surface area contributed by atoms with Gasteiger partial charge in [-0.25, -0.2) is 0 Å². The summed E-state index contributed by atoms with van der Waals surface area (Å²) in [4.78, 5) is 2.50. The van der Waals surface area contributed by atoms with Gasteiger partial charge in [0.05, 0.1) is 14.2 Å². The molecule has 146 valence electrons. The van der Waals surface area contributed by atoms with Gasteiger partial charge in [0.25, 0.3) is 0 Å². The lowest BCUT2D eigenvalue weighted by molar-refractivity contribution is 0.415. The van der Waals surface area contributed by atoms with Crippen molar-refractivity contribution in [1.29, 1.82) is 0 Å². The summed E-state index contributed by atoms with van der Waals surface area (Å²) in [5, 5.41) is 2.42. The Kier molecular flexibility index (Phi) is 4.14. The van der Waals surface area contributed by atoms with E-state index in [2.05, 4.69) is 72.0 Å².